The molecule has 0 aromatic heterocycles. The molecule has 7 heteroatoms. The maximum absolute atomic E-state index is 13.3. The number of likely N-dealkylation sites (tertiary alicyclic amines) is 1. The lowest BCUT2D eigenvalue weighted by atomic mass is 9.80. The molecule has 1 aliphatic rings. The van der Waals surface area contributed by atoms with Crippen LogP contribution in [0, 0.1) is 18.8 Å². The maximum atomic E-state index is 13.3. The van der Waals surface area contributed by atoms with Crippen LogP contribution >= 0.6 is 0 Å². The first-order valence-electron chi connectivity index (χ1n) is 10.8. The van der Waals surface area contributed by atoms with Gasteiger partial charge in [-0.05, 0) is 36.5 Å². The summed E-state index contributed by atoms with van der Waals surface area (Å²) in [4.78, 5) is 15.0. The van der Waals surface area contributed by atoms with Crippen molar-refractivity contribution < 1.29 is 22.1 Å². The van der Waals surface area contributed by atoms with Crippen LogP contribution in [0.4, 0.5) is 0 Å². The van der Waals surface area contributed by atoms with E-state index < -0.39 is 22.3 Å². The molecule has 0 radical (unpaired) electrons. The summed E-state index contributed by atoms with van der Waals surface area (Å²) in [5, 5.41) is 0. The van der Waals surface area contributed by atoms with Gasteiger partial charge in [-0.3, -0.25) is 8.98 Å². The van der Waals surface area contributed by atoms with E-state index in [1.807, 2.05) is 51.1 Å². The molecule has 172 valence electrons. The van der Waals surface area contributed by atoms with Crippen molar-refractivity contribution in [2.24, 2.45) is 11.8 Å². The molecule has 1 saturated heterocycles. The standard InChI is InChI=1S/C25H31NO5S/c1-5-15-26-23(17-31-32(28,29)22-13-11-18(2)12-14-22)19(3)20(4)24(25(26)27)30-16-21-9-7-6-8-10-21/h5-14,19-20,23-24H,1,15-17H2,2-4H3. The van der Waals surface area contributed by atoms with E-state index in [0.717, 1.165) is 11.1 Å². The lowest BCUT2D eigenvalue weighted by Gasteiger charge is -2.46. The Morgan fingerprint density at radius 2 is 1.69 bits per heavy atom. The van der Waals surface area contributed by atoms with Crippen molar-refractivity contribution in [2.75, 3.05) is 13.2 Å². The van der Waals surface area contributed by atoms with Gasteiger partial charge < -0.3 is 9.64 Å². The Bertz CT molecular complexity index is 1020. The van der Waals surface area contributed by atoms with Gasteiger partial charge in [0.1, 0.15) is 6.10 Å². The number of hydrogen-bond acceptors (Lipinski definition) is 5. The second-order valence-corrected chi connectivity index (χ2v) is 9.95. The van der Waals surface area contributed by atoms with Gasteiger partial charge in [0.25, 0.3) is 16.0 Å². The SMILES string of the molecule is C=CCN1C(=O)C(OCc2ccccc2)C(C)C(C)C1COS(=O)(=O)c1ccc(C)cc1. The molecule has 6 nitrogen and oxygen atoms in total. The van der Waals surface area contributed by atoms with Gasteiger partial charge in [0, 0.05) is 6.54 Å². The van der Waals surface area contributed by atoms with Gasteiger partial charge in [0.05, 0.1) is 24.2 Å². The number of rotatable bonds is 9. The summed E-state index contributed by atoms with van der Waals surface area (Å²) >= 11 is 0. The highest BCUT2D eigenvalue weighted by Crippen LogP contribution is 2.33. The van der Waals surface area contributed by atoms with Crippen molar-refractivity contribution in [2.45, 2.75) is 44.4 Å². The van der Waals surface area contributed by atoms with E-state index in [9.17, 15) is 13.2 Å². The molecule has 2 aromatic carbocycles. The Labute approximate surface area is 191 Å². The number of benzene rings is 2. The number of hydrogen-bond donors (Lipinski definition) is 0. The molecule has 32 heavy (non-hydrogen) atoms. The summed E-state index contributed by atoms with van der Waals surface area (Å²) in [5.41, 5.74) is 1.95. The number of aryl methyl sites for hydroxylation is 1. The summed E-state index contributed by atoms with van der Waals surface area (Å²) in [7, 11) is -3.93. The number of ether oxygens (including phenoxy) is 1. The van der Waals surface area contributed by atoms with E-state index in [1.165, 1.54) is 12.1 Å². The first kappa shape index (κ1) is 24.2. The second kappa shape index (κ2) is 10.4. The highest BCUT2D eigenvalue weighted by Gasteiger charge is 2.45. The highest BCUT2D eigenvalue weighted by molar-refractivity contribution is 7.86. The minimum Gasteiger partial charge on any atom is -0.363 e. The minimum absolute atomic E-state index is 0.0401. The molecule has 2 aromatic rings. The third kappa shape index (κ3) is 5.46. The molecule has 0 N–H and O–H groups in total. The molecule has 1 aliphatic heterocycles. The number of carbonyl (C=O) groups excluding carboxylic acids is 1. The lowest BCUT2D eigenvalue weighted by Crippen LogP contribution is -2.60. The van der Waals surface area contributed by atoms with Crippen molar-refractivity contribution >= 4 is 16.0 Å². The lowest BCUT2D eigenvalue weighted by molar-refractivity contribution is -0.164. The predicted octanol–water partition coefficient (Wildman–Crippen LogP) is 3.95. The first-order valence-corrected chi connectivity index (χ1v) is 12.2. The molecule has 0 bridgehead atoms. The van der Waals surface area contributed by atoms with Crippen molar-refractivity contribution in [3.63, 3.8) is 0 Å². The molecule has 4 unspecified atom stereocenters. The zero-order valence-corrected chi connectivity index (χ0v) is 19.6. The van der Waals surface area contributed by atoms with Crippen molar-refractivity contribution in [1.82, 2.24) is 4.90 Å². The van der Waals surface area contributed by atoms with E-state index in [1.54, 1.807) is 23.1 Å². The summed E-state index contributed by atoms with van der Waals surface area (Å²) < 4.78 is 36.8. The fourth-order valence-electron chi connectivity index (χ4n) is 3.98. The first-order chi connectivity index (χ1) is 15.2. The third-order valence-electron chi connectivity index (χ3n) is 6.14. The van der Waals surface area contributed by atoms with E-state index >= 15 is 0 Å². The number of piperidine rings is 1. The van der Waals surface area contributed by atoms with Crippen LogP contribution in [-0.4, -0.2) is 44.5 Å². The van der Waals surface area contributed by atoms with Gasteiger partial charge in [-0.15, -0.1) is 6.58 Å². The van der Waals surface area contributed by atoms with Gasteiger partial charge in [-0.25, -0.2) is 0 Å². The van der Waals surface area contributed by atoms with Gasteiger partial charge in [-0.2, -0.15) is 8.42 Å². The Morgan fingerprint density at radius 1 is 1.03 bits per heavy atom. The molecule has 3 rings (SSSR count). The zero-order chi connectivity index (χ0) is 23.3. The van der Waals surface area contributed by atoms with Crippen LogP contribution in [0.15, 0.2) is 72.1 Å². The van der Waals surface area contributed by atoms with E-state index in [-0.39, 0.29) is 29.2 Å². The normalized spacial score (nSPS) is 23.8. The van der Waals surface area contributed by atoms with E-state index in [2.05, 4.69) is 6.58 Å². The predicted molar refractivity (Wildman–Crippen MR) is 123 cm³/mol. The minimum atomic E-state index is -3.93. The quantitative estimate of drug-likeness (QED) is 0.421. The van der Waals surface area contributed by atoms with Crippen LogP contribution in [0.5, 0.6) is 0 Å². The molecule has 1 fully saturated rings. The smallest absolute Gasteiger partial charge is 0.297 e. The molecular weight excluding hydrogens is 426 g/mol. The third-order valence-corrected chi connectivity index (χ3v) is 7.44. The van der Waals surface area contributed by atoms with Crippen LogP contribution < -0.4 is 0 Å². The summed E-state index contributed by atoms with van der Waals surface area (Å²) in [6.45, 7) is 10.1. The zero-order valence-electron chi connectivity index (χ0n) is 18.8. The van der Waals surface area contributed by atoms with Gasteiger partial charge in [0.2, 0.25) is 0 Å². The molecule has 0 aliphatic carbocycles. The largest absolute Gasteiger partial charge is 0.363 e. The van der Waals surface area contributed by atoms with Gasteiger partial charge in [-0.1, -0.05) is 68.0 Å². The topological polar surface area (TPSA) is 72.9 Å². The number of amides is 1. The Hall–Kier alpha value is -2.48. The Kier molecular flexibility index (Phi) is 7.87. The van der Waals surface area contributed by atoms with Crippen LogP contribution in [-0.2, 0) is 30.4 Å². The highest BCUT2D eigenvalue weighted by atomic mass is 32.2. The average Bonchev–Trinajstić information content (AvgIpc) is 2.78. The average molecular weight is 458 g/mol. The fraction of sp³-hybridized carbons (Fsp3) is 0.400. The van der Waals surface area contributed by atoms with Crippen LogP contribution in [0.25, 0.3) is 0 Å². The van der Waals surface area contributed by atoms with E-state index in [4.69, 9.17) is 8.92 Å². The van der Waals surface area contributed by atoms with Crippen molar-refractivity contribution in [3.05, 3.63) is 78.4 Å². The van der Waals surface area contributed by atoms with Crippen LogP contribution in [0.2, 0.25) is 0 Å². The van der Waals surface area contributed by atoms with Crippen molar-refractivity contribution in [3.8, 4) is 0 Å². The van der Waals surface area contributed by atoms with Crippen LogP contribution in [0.3, 0.4) is 0 Å². The monoisotopic (exact) mass is 457 g/mol. The molecule has 1 heterocycles. The molecule has 0 saturated carbocycles. The molecule has 4 atom stereocenters. The summed E-state index contributed by atoms with van der Waals surface area (Å²) in [6.07, 6.45) is 1.02. The Morgan fingerprint density at radius 3 is 2.31 bits per heavy atom. The fourth-order valence-corrected chi connectivity index (χ4v) is 4.91. The molecular formula is C25H31NO5S. The van der Waals surface area contributed by atoms with Crippen LogP contribution in [0.1, 0.15) is 25.0 Å². The second-order valence-electron chi connectivity index (χ2n) is 8.33. The van der Waals surface area contributed by atoms with Gasteiger partial charge in [0.15, 0.2) is 0 Å². The molecule has 1 amide bonds. The summed E-state index contributed by atoms with van der Waals surface area (Å²) in [6, 6.07) is 15.8. The number of nitrogens with zero attached hydrogens (tertiary/aromatic N) is 1. The molecule has 0 spiro atoms. The number of carbonyl (C=O) groups is 1. The van der Waals surface area contributed by atoms with Crippen molar-refractivity contribution in [1.29, 1.82) is 0 Å². The Balaban J connectivity index is 1.74. The van der Waals surface area contributed by atoms with Gasteiger partial charge >= 0.3 is 0 Å². The summed E-state index contributed by atoms with van der Waals surface area (Å²) in [5.74, 6) is -0.322. The van der Waals surface area contributed by atoms with E-state index in [0.29, 0.717) is 13.2 Å². The maximum Gasteiger partial charge on any atom is 0.297 e.